The molecule has 0 aliphatic carbocycles. The van der Waals surface area contributed by atoms with E-state index in [-0.39, 0.29) is 11.2 Å². The number of benzene rings is 1. The zero-order valence-corrected chi connectivity index (χ0v) is 13.0. The Hall–Kier alpha value is -0.830. The second kappa shape index (κ2) is 7.57. The van der Waals surface area contributed by atoms with Crippen LogP contribution in [0.25, 0.3) is 0 Å². The molecule has 0 atom stereocenters. The van der Waals surface area contributed by atoms with E-state index in [2.05, 4.69) is 20.8 Å². The van der Waals surface area contributed by atoms with Gasteiger partial charge in [0.1, 0.15) is 0 Å². The summed E-state index contributed by atoms with van der Waals surface area (Å²) in [6.45, 7) is 10.4. The van der Waals surface area contributed by atoms with Crippen LogP contribution in [0, 0.1) is 5.41 Å². The Balaban J connectivity index is 0.00000137. The topological polar surface area (TPSA) is 34.1 Å². The van der Waals surface area contributed by atoms with Crippen molar-refractivity contribution in [3.63, 3.8) is 0 Å². The van der Waals surface area contributed by atoms with E-state index < -0.39 is 9.84 Å². The molecule has 104 valence electrons. The lowest BCUT2D eigenvalue weighted by Gasteiger charge is -2.17. The molecule has 0 aromatic heterocycles. The summed E-state index contributed by atoms with van der Waals surface area (Å²) >= 11 is 0. The number of rotatable bonds is 4. The highest BCUT2D eigenvalue weighted by Gasteiger charge is 2.16. The zero-order chi connectivity index (χ0) is 14.2. The van der Waals surface area contributed by atoms with Gasteiger partial charge in [0, 0.05) is 0 Å². The maximum absolute atomic E-state index is 11.9. The second-order valence-corrected chi connectivity index (χ2v) is 7.41. The van der Waals surface area contributed by atoms with E-state index in [1.54, 1.807) is 24.3 Å². The van der Waals surface area contributed by atoms with Gasteiger partial charge in [-0.05, 0) is 30.4 Å². The molecule has 1 aromatic rings. The molecule has 1 rings (SSSR count). The van der Waals surface area contributed by atoms with Crippen LogP contribution in [0.5, 0.6) is 0 Å². The van der Waals surface area contributed by atoms with E-state index in [4.69, 9.17) is 0 Å². The van der Waals surface area contributed by atoms with Gasteiger partial charge in [-0.1, -0.05) is 52.8 Å². The summed E-state index contributed by atoms with van der Waals surface area (Å²) in [6.07, 6.45) is 1.65. The van der Waals surface area contributed by atoms with Crippen LogP contribution in [0.4, 0.5) is 0 Å². The summed E-state index contributed by atoms with van der Waals surface area (Å²) in [5, 5.41) is 0. The van der Waals surface area contributed by atoms with E-state index >= 15 is 0 Å². The smallest absolute Gasteiger partial charge is 0.178 e. The fraction of sp³-hybridized carbons (Fsp3) is 0.600. The molecule has 0 radical (unpaired) electrons. The molecule has 3 heteroatoms. The Kier molecular flexibility index (Phi) is 7.22. The average molecular weight is 270 g/mol. The first-order valence-corrected chi connectivity index (χ1v) is 8.24. The van der Waals surface area contributed by atoms with Crippen molar-refractivity contribution in [2.24, 2.45) is 5.41 Å². The van der Waals surface area contributed by atoms with Gasteiger partial charge in [-0.3, -0.25) is 0 Å². The van der Waals surface area contributed by atoms with Gasteiger partial charge in [0.15, 0.2) is 9.84 Å². The Morgan fingerprint density at radius 3 is 1.94 bits per heavy atom. The average Bonchev–Trinajstić information content (AvgIpc) is 2.31. The van der Waals surface area contributed by atoms with Crippen molar-refractivity contribution in [1.29, 1.82) is 0 Å². The highest BCUT2D eigenvalue weighted by Crippen LogP contribution is 2.22. The van der Waals surface area contributed by atoms with E-state index in [1.165, 1.54) is 0 Å². The fourth-order valence-corrected chi connectivity index (χ4v) is 2.87. The van der Waals surface area contributed by atoms with E-state index in [1.807, 2.05) is 19.9 Å². The Morgan fingerprint density at radius 2 is 1.50 bits per heavy atom. The SMILES string of the molecule is CC.CC(C)(C)CCCS(=O)(=O)c1ccccc1. The summed E-state index contributed by atoms with van der Waals surface area (Å²) in [6, 6.07) is 8.67. The largest absolute Gasteiger partial charge is 0.224 e. The first-order valence-electron chi connectivity index (χ1n) is 6.59. The number of sulfone groups is 1. The van der Waals surface area contributed by atoms with Gasteiger partial charge >= 0.3 is 0 Å². The molecule has 0 N–H and O–H groups in total. The predicted molar refractivity (Wildman–Crippen MR) is 78.5 cm³/mol. The van der Waals surface area contributed by atoms with E-state index in [9.17, 15) is 8.42 Å². The van der Waals surface area contributed by atoms with Crippen molar-refractivity contribution in [3.8, 4) is 0 Å². The molecule has 0 bridgehead atoms. The van der Waals surface area contributed by atoms with Crippen molar-refractivity contribution < 1.29 is 8.42 Å². The maximum atomic E-state index is 11.9. The minimum absolute atomic E-state index is 0.201. The van der Waals surface area contributed by atoms with Crippen LogP contribution in [-0.2, 0) is 9.84 Å². The summed E-state index contributed by atoms with van der Waals surface area (Å²) in [5.74, 6) is 0.244. The van der Waals surface area contributed by atoms with Gasteiger partial charge in [-0.15, -0.1) is 0 Å². The van der Waals surface area contributed by atoms with Crippen molar-refractivity contribution >= 4 is 9.84 Å². The van der Waals surface area contributed by atoms with Crippen LogP contribution in [0.2, 0.25) is 0 Å². The molecule has 0 fully saturated rings. The van der Waals surface area contributed by atoms with Crippen molar-refractivity contribution in [1.82, 2.24) is 0 Å². The molecule has 0 spiro atoms. The monoisotopic (exact) mass is 270 g/mol. The van der Waals surface area contributed by atoms with Crippen LogP contribution >= 0.6 is 0 Å². The van der Waals surface area contributed by atoms with Gasteiger partial charge in [-0.2, -0.15) is 0 Å². The Labute approximate surface area is 112 Å². The quantitative estimate of drug-likeness (QED) is 0.817. The third-order valence-corrected chi connectivity index (χ3v) is 4.26. The molecular weight excluding hydrogens is 244 g/mol. The molecule has 0 heterocycles. The molecule has 0 amide bonds. The lowest BCUT2D eigenvalue weighted by molar-refractivity contribution is 0.373. The van der Waals surface area contributed by atoms with E-state index in [0.717, 1.165) is 12.8 Å². The van der Waals surface area contributed by atoms with Gasteiger partial charge < -0.3 is 0 Å². The first-order chi connectivity index (χ1) is 8.31. The van der Waals surface area contributed by atoms with Crippen LogP contribution in [0.1, 0.15) is 47.5 Å². The van der Waals surface area contributed by atoms with Crippen molar-refractivity contribution in [2.75, 3.05) is 5.75 Å². The molecule has 0 saturated heterocycles. The lowest BCUT2D eigenvalue weighted by Crippen LogP contribution is -2.11. The molecule has 1 aromatic carbocycles. The highest BCUT2D eigenvalue weighted by molar-refractivity contribution is 7.91. The number of hydrogen-bond donors (Lipinski definition) is 0. The molecular formula is C15H26O2S. The predicted octanol–water partition coefficient (Wildman–Crippen LogP) is 4.31. The Bertz CT molecular complexity index is 414. The maximum Gasteiger partial charge on any atom is 0.178 e. The summed E-state index contributed by atoms with van der Waals surface area (Å²) in [4.78, 5) is 0.434. The normalized spacial score (nSPS) is 11.6. The van der Waals surface area contributed by atoms with Gasteiger partial charge in [0.2, 0.25) is 0 Å². The van der Waals surface area contributed by atoms with Crippen LogP contribution in [0.15, 0.2) is 35.2 Å². The van der Waals surface area contributed by atoms with Crippen molar-refractivity contribution in [2.45, 2.75) is 52.4 Å². The van der Waals surface area contributed by atoms with Crippen molar-refractivity contribution in [3.05, 3.63) is 30.3 Å². The molecule has 0 aliphatic rings. The van der Waals surface area contributed by atoms with Crippen LogP contribution in [-0.4, -0.2) is 14.2 Å². The second-order valence-electron chi connectivity index (χ2n) is 5.30. The molecule has 0 aliphatic heterocycles. The highest BCUT2D eigenvalue weighted by atomic mass is 32.2. The summed E-state index contributed by atoms with van der Waals surface area (Å²) in [7, 11) is -3.08. The fourth-order valence-electron chi connectivity index (χ4n) is 1.54. The van der Waals surface area contributed by atoms with E-state index in [0.29, 0.717) is 4.90 Å². The number of hydrogen-bond acceptors (Lipinski definition) is 2. The molecule has 18 heavy (non-hydrogen) atoms. The minimum atomic E-state index is -3.08. The van der Waals surface area contributed by atoms with Gasteiger partial charge in [0.25, 0.3) is 0 Å². The van der Waals surface area contributed by atoms with Gasteiger partial charge in [-0.25, -0.2) is 8.42 Å². The summed E-state index contributed by atoms with van der Waals surface area (Å²) < 4.78 is 23.8. The van der Waals surface area contributed by atoms with Gasteiger partial charge in [0.05, 0.1) is 10.6 Å². The minimum Gasteiger partial charge on any atom is -0.224 e. The van der Waals surface area contributed by atoms with Crippen LogP contribution < -0.4 is 0 Å². The zero-order valence-electron chi connectivity index (χ0n) is 12.2. The molecule has 0 saturated carbocycles. The van der Waals surface area contributed by atoms with Crippen LogP contribution in [0.3, 0.4) is 0 Å². The molecule has 0 unspecified atom stereocenters. The first kappa shape index (κ1) is 17.2. The molecule has 2 nitrogen and oxygen atoms in total. The third-order valence-electron chi connectivity index (χ3n) is 2.44. The lowest BCUT2D eigenvalue weighted by atomic mass is 9.91. The summed E-state index contributed by atoms with van der Waals surface area (Å²) in [5.41, 5.74) is 0.201. The standard InChI is InChI=1S/C13H20O2S.C2H6/c1-13(2,3)10-7-11-16(14,15)12-8-5-4-6-9-12;1-2/h4-6,8-9H,7,10-11H2,1-3H3;1-2H3. The Morgan fingerprint density at radius 1 is 1.00 bits per heavy atom. The third kappa shape index (κ3) is 6.80.